The number of rotatable bonds is 4. The van der Waals surface area contributed by atoms with Crippen molar-refractivity contribution in [3.8, 4) is 0 Å². The normalized spacial score (nSPS) is 10.3. The molecule has 0 aliphatic rings. The van der Waals surface area contributed by atoms with Crippen LogP contribution in [0.5, 0.6) is 0 Å². The summed E-state index contributed by atoms with van der Waals surface area (Å²) in [5.74, 6) is 0.303. The molecule has 2 N–H and O–H groups in total. The number of carbonyl (C=O) groups excluding carboxylic acids is 1. The number of carbonyl (C=O) groups is 1. The Balaban J connectivity index is 2.13. The van der Waals surface area contributed by atoms with Crippen LogP contribution in [-0.2, 0) is 0 Å². The Morgan fingerprint density at radius 1 is 1.42 bits per heavy atom. The first-order chi connectivity index (χ1) is 9.10. The standard InChI is InChI=1S/C12H13ClN4OS/c1-3-14-10-9(13)4-8(6-15-10)11(18)17-12-16-5-7(2)19-12/h4-6H,3H2,1-2H3,(H,14,15)(H,16,17,18). The average molecular weight is 297 g/mol. The Morgan fingerprint density at radius 3 is 2.79 bits per heavy atom. The lowest BCUT2D eigenvalue weighted by Gasteiger charge is -2.06. The SMILES string of the molecule is CCNc1ncc(C(=O)Nc2ncc(C)s2)cc1Cl. The molecule has 0 saturated heterocycles. The van der Waals surface area contributed by atoms with Crippen LogP contribution < -0.4 is 10.6 Å². The van der Waals surface area contributed by atoms with E-state index in [-0.39, 0.29) is 5.91 Å². The zero-order valence-corrected chi connectivity index (χ0v) is 12.1. The van der Waals surface area contributed by atoms with Crippen molar-refractivity contribution in [2.45, 2.75) is 13.8 Å². The summed E-state index contributed by atoms with van der Waals surface area (Å²) in [5.41, 5.74) is 0.402. The van der Waals surface area contributed by atoms with E-state index in [1.54, 1.807) is 12.3 Å². The molecule has 0 radical (unpaired) electrons. The molecule has 100 valence electrons. The highest BCUT2D eigenvalue weighted by Crippen LogP contribution is 2.21. The number of pyridine rings is 1. The van der Waals surface area contributed by atoms with Crippen molar-refractivity contribution in [2.24, 2.45) is 0 Å². The van der Waals surface area contributed by atoms with E-state index in [9.17, 15) is 4.79 Å². The molecule has 1 amide bonds. The molecular weight excluding hydrogens is 284 g/mol. The third-order valence-electron chi connectivity index (χ3n) is 2.29. The van der Waals surface area contributed by atoms with Crippen molar-refractivity contribution >= 4 is 39.8 Å². The summed E-state index contributed by atoms with van der Waals surface area (Å²) in [6, 6.07) is 1.59. The van der Waals surface area contributed by atoms with Crippen molar-refractivity contribution in [2.75, 3.05) is 17.2 Å². The zero-order chi connectivity index (χ0) is 13.8. The van der Waals surface area contributed by atoms with Gasteiger partial charge < -0.3 is 5.32 Å². The Hall–Kier alpha value is -1.66. The van der Waals surface area contributed by atoms with Crippen molar-refractivity contribution < 1.29 is 4.79 Å². The third-order valence-corrected chi connectivity index (χ3v) is 3.41. The largest absolute Gasteiger partial charge is 0.369 e. The molecule has 2 heterocycles. The number of thiazole rings is 1. The second kappa shape index (κ2) is 5.99. The van der Waals surface area contributed by atoms with Crippen LogP contribution in [0.4, 0.5) is 10.9 Å². The van der Waals surface area contributed by atoms with Crippen molar-refractivity contribution in [1.29, 1.82) is 0 Å². The van der Waals surface area contributed by atoms with E-state index in [1.165, 1.54) is 17.5 Å². The predicted octanol–water partition coefficient (Wildman–Crippen LogP) is 3.18. The fourth-order valence-corrected chi connectivity index (χ4v) is 2.33. The smallest absolute Gasteiger partial charge is 0.259 e. The summed E-state index contributed by atoms with van der Waals surface area (Å²) in [7, 11) is 0. The molecule has 7 heteroatoms. The summed E-state index contributed by atoms with van der Waals surface area (Å²) in [4.78, 5) is 21.2. The highest BCUT2D eigenvalue weighted by molar-refractivity contribution is 7.15. The lowest BCUT2D eigenvalue weighted by molar-refractivity contribution is 0.102. The molecular formula is C12H13ClN4OS. The van der Waals surface area contributed by atoms with Gasteiger partial charge in [-0.25, -0.2) is 9.97 Å². The Kier molecular flexibility index (Phi) is 4.34. The maximum absolute atomic E-state index is 12.0. The number of aryl methyl sites for hydroxylation is 1. The molecule has 2 aromatic heterocycles. The number of hydrogen-bond donors (Lipinski definition) is 2. The van der Waals surface area contributed by atoms with E-state index in [0.717, 1.165) is 11.4 Å². The predicted molar refractivity (Wildman–Crippen MR) is 78.2 cm³/mol. The maximum atomic E-state index is 12.0. The molecule has 0 aliphatic heterocycles. The molecule has 0 unspecified atom stereocenters. The lowest BCUT2D eigenvalue weighted by Crippen LogP contribution is -2.12. The number of hydrogen-bond acceptors (Lipinski definition) is 5. The first-order valence-corrected chi connectivity index (χ1v) is 6.92. The Morgan fingerprint density at radius 2 is 2.21 bits per heavy atom. The molecule has 5 nitrogen and oxygen atoms in total. The van der Waals surface area contributed by atoms with Gasteiger partial charge in [0, 0.05) is 23.8 Å². The minimum absolute atomic E-state index is 0.271. The molecule has 0 bridgehead atoms. The lowest BCUT2D eigenvalue weighted by atomic mass is 10.2. The summed E-state index contributed by atoms with van der Waals surface area (Å²) >= 11 is 7.46. The molecule has 0 spiro atoms. The van der Waals surface area contributed by atoms with Gasteiger partial charge in [-0.2, -0.15) is 0 Å². The molecule has 2 aromatic rings. The number of nitrogens with zero attached hydrogens (tertiary/aromatic N) is 2. The van der Waals surface area contributed by atoms with Crippen molar-refractivity contribution in [1.82, 2.24) is 9.97 Å². The second-order valence-corrected chi connectivity index (χ2v) is 5.46. The van der Waals surface area contributed by atoms with Gasteiger partial charge in [-0.15, -0.1) is 11.3 Å². The fourth-order valence-electron chi connectivity index (χ4n) is 1.44. The highest BCUT2D eigenvalue weighted by atomic mass is 35.5. The van der Waals surface area contributed by atoms with E-state index in [0.29, 0.717) is 21.5 Å². The van der Waals surface area contributed by atoms with Gasteiger partial charge in [-0.3, -0.25) is 10.1 Å². The molecule has 0 fully saturated rings. The minimum Gasteiger partial charge on any atom is -0.369 e. The number of aromatic nitrogens is 2. The highest BCUT2D eigenvalue weighted by Gasteiger charge is 2.11. The number of anilines is 2. The van der Waals surface area contributed by atoms with Crippen LogP contribution in [0.15, 0.2) is 18.5 Å². The number of halogens is 1. The van der Waals surface area contributed by atoms with Crippen molar-refractivity contribution in [3.63, 3.8) is 0 Å². The molecule has 0 aromatic carbocycles. The summed E-state index contributed by atoms with van der Waals surface area (Å²) in [6.07, 6.45) is 3.19. The fraction of sp³-hybridized carbons (Fsp3) is 0.250. The van der Waals surface area contributed by atoms with Gasteiger partial charge in [-0.05, 0) is 19.9 Å². The van der Waals surface area contributed by atoms with E-state index in [2.05, 4.69) is 20.6 Å². The Bertz CT molecular complexity index is 599. The van der Waals surface area contributed by atoms with Crippen molar-refractivity contribution in [3.05, 3.63) is 33.9 Å². The molecule has 0 saturated carbocycles. The maximum Gasteiger partial charge on any atom is 0.259 e. The van der Waals surface area contributed by atoms with Gasteiger partial charge in [0.2, 0.25) is 0 Å². The molecule has 0 atom stereocenters. The zero-order valence-electron chi connectivity index (χ0n) is 10.5. The topological polar surface area (TPSA) is 66.9 Å². The van der Waals surface area contributed by atoms with Gasteiger partial charge in [0.15, 0.2) is 5.13 Å². The van der Waals surface area contributed by atoms with Crippen LogP contribution in [-0.4, -0.2) is 22.4 Å². The van der Waals surface area contributed by atoms with Crippen LogP contribution in [0.25, 0.3) is 0 Å². The van der Waals surface area contributed by atoms with Gasteiger partial charge in [0.1, 0.15) is 5.82 Å². The van der Waals surface area contributed by atoms with E-state index >= 15 is 0 Å². The van der Waals surface area contributed by atoms with Crippen LogP contribution in [0.1, 0.15) is 22.2 Å². The van der Waals surface area contributed by atoms with Crippen LogP contribution in [0, 0.1) is 6.92 Å². The van der Waals surface area contributed by atoms with E-state index in [1.807, 2.05) is 13.8 Å². The van der Waals surface area contributed by atoms with Gasteiger partial charge in [0.05, 0.1) is 10.6 Å². The van der Waals surface area contributed by atoms with Gasteiger partial charge in [0.25, 0.3) is 5.91 Å². The third kappa shape index (κ3) is 3.42. The van der Waals surface area contributed by atoms with Gasteiger partial charge in [-0.1, -0.05) is 11.6 Å². The monoisotopic (exact) mass is 296 g/mol. The average Bonchev–Trinajstić information content (AvgIpc) is 2.77. The minimum atomic E-state index is -0.271. The second-order valence-electron chi connectivity index (χ2n) is 3.81. The van der Waals surface area contributed by atoms with Crippen LogP contribution in [0.3, 0.4) is 0 Å². The number of amides is 1. The van der Waals surface area contributed by atoms with Gasteiger partial charge >= 0.3 is 0 Å². The molecule has 2 rings (SSSR count). The quantitative estimate of drug-likeness (QED) is 0.909. The number of nitrogens with one attached hydrogen (secondary N) is 2. The first-order valence-electron chi connectivity index (χ1n) is 5.73. The summed E-state index contributed by atoms with van der Waals surface area (Å²) in [6.45, 7) is 4.59. The van der Waals surface area contributed by atoms with E-state index < -0.39 is 0 Å². The van der Waals surface area contributed by atoms with E-state index in [4.69, 9.17) is 11.6 Å². The Labute approximate surface area is 120 Å². The summed E-state index contributed by atoms with van der Waals surface area (Å²) < 4.78 is 0. The summed E-state index contributed by atoms with van der Waals surface area (Å²) in [5, 5.41) is 6.70. The van der Waals surface area contributed by atoms with Crippen LogP contribution >= 0.6 is 22.9 Å². The van der Waals surface area contributed by atoms with Crippen LogP contribution in [0.2, 0.25) is 5.02 Å². The molecule has 19 heavy (non-hydrogen) atoms. The molecule has 0 aliphatic carbocycles. The first kappa shape index (κ1) is 13.8.